The largest absolute Gasteiger partial charge is 0.337 e. The van der Waals surface area contributed by atoms with Crippen molar-refractivity contribution < 1.29 is 9.59 Å². The second-order valence-electron chi connectivity index (χ2n) is 4.38. The van der Waals surface area contributed by atoms with Gasteiger partial charge < -0.3 is 9.88 Å². The van der Waals surface area contributed by atoms with Crippen LogP contribution in [-0.2, 0) is 16.1 Å². The molecule has 106 valence electrons. The van der Waals surface area contributed by atoms with Gasteiger partial charge in [0.05, 0.1) is 6.33 Å². The number of nitrogens with one attached hydrogen (secondary N) is 1. The molecule has 2 heterocycles. The van der Waals surface area contributed by atoms with Crippen molar-refractivity contribution in [2.75, 3.05) is 13.6 Å². The summed E-state index contributed by atoms with van der Waals surface area (Å²) in [7, 11) is 1.53. The Bertz CT molecular complexity index is 540. The van der Waals surface area contributed by atoms with E-state index in [0.717, 1.165) is 13.0 Å². The monoisotopic (exact) mass is 293 g/mol. The first-order valence-electron chi connectivity index (χ1n) is 6.17. The highest BCUT2D eigenvalue weighted by Crippen LogP contribution is 2.07. The van der Waals surface area contributed by atoms with Crippen LogP contribution >= 0.6 is 12.2 Å². The van der Waals surface area contributed by atoms with Gasteiger partial charge in [0.1, 0.15) is 0 Å². The second kappa shape index (κ2) is 6.38. The van der Waals surface area contributed by atoms with Gasteiger partial charge in [-0.05, 0) is 18.6 Å². The molecule has 1 atom stereocenters. The summed E-state index contributed by atoms with van der Waals surface area (Å²) in [5.74, 6) is -1.66. The van der Waals surface area contributed by atoms with Crippen molar-refractivity contribution in [2.45, 2.75) is 13.0 Å². The molecule has 0 aliphatic carbocycles. The molecule has 0 bridgehead atoms. The maximum Gasteiger partial charge on any atom is 0.246 e. The number of imidazole rings is 1. The number of hydrogen-bond acceptors (Lipinski definition) is 5. The number of hydrogen-bond donors (Lipinski definition) is 1. The van der Waals surface area contributed by atoms with Crippen LogP contribution in [0.25, 0.3) is 0 Å². The van der Waals surface area contributed by atoms with Crippen LogP contribution in [0.1, 0.15) is 6.42 Å². The Balaban J connectivity index is 1.82. The number of nitrogens with zero attached hydrogens (tertiary/aromatic N) is 4. The summed E-state index contributed by atoms with van der Waals surface area (Å²) < 4.78 is 1.94. The number of aliphatic imine (C=N–C) groups is 1. The van der Waals surface area contributed by atoms with Gasteiger partial charge in [-0.3, -0.25) is 19.5 Å². The quantitative estimate of drug-likeness (QED) is 0.354. The molecule has 8 heteroatoms. The summed E-state index contributed by atoms with van der Waals surface area (Å²) in [4.78, 5) is 32.9. The number of aryl methyl sites for hydroxylation is 1. The molecular formula is C12H15N5O2S. The number of carbonyl (C=O) groups is 2. The number of thiocarbonyl (C=S) groups is 1. The second-order valence-corrected chi connectivity index (χ2v) is 4.77. The molecule has 2 amide bonds. The summed E-state index contributed by atoms with van der Waals surface area (Å²) in [6, 6.07) is 0. The molecule has 0 spiro atoms. The van der Waals surface area contributed by atoms with Gasteiger partial charge in [0.2, 0.25) is 11.8 Å². The maximum absolute atomic E-state index is 11.9. The number of rotatable bonds is 5. The highest BCUT2D eigenvalue weighted by atomic mass is 32.1. The Morgan fingerprint density at radius 3 is 3.05 bits per heavy atom. The highest BCUT2D eigenvalue weighted by molar-refractivity contribution is 7.80. The lowest BCUT2D eigenvalue weighted by Crippen LogP contribution is -2.56. The van der Waals surface area contributed by atoms with Crippen LogP contribution in [0.3, 0.4) is 0 Å². The fraction of sp³-hybridized carbons (Fsp3) is 0.417. The molecule has 1 aromatic heterocycles. The van der Waals surface area contributed by atoms with Crippen LogP contribution in [0.15, 0.2) is 23.7 Å². The lowest BCUT2D eigenvalue weighted by molar-refractivity contribution is -0.137. The van der Waals surface area contributed by atoms with E-state index in [0.29, 0.717) is 6.54 Å². The lowest BCUT2D eigenvalue weighted by atomic mass is 10.1. The molecule has 1 aliphatic heterocycles. The molecule has 1 aromatic rings. The number of amides is 2. The third kappa shape index (κ3) is 3.27. The summed E-state index contributed by atoms with van der Waals surface area (Å²) >= 11 is 4.86. The van der Waals surface area contributed by atoms with Gasteiger partial charge in [-0.15, -0.1) is 0 Å². The van der Waals surface area contributed by atoms with Gasteiger partial charge in [-0.25, -0.2) is 4.98 Å². The van der Waals surface area contributed by atoms with Crippen LogP contribution in [0.5, 0.6) is 0 Å². The predicted octanol–water partition coefficient (Wildman–Crippen LogP) is -0.167. The Hall–Kier alpha value is -2.09. The molecule has 0 aromatic carbocycles. The summed E-state index contributed by atoms with van der Waals surface area (Å²) in [5.41, 5.74) is 0. The first kappa shape index (κ1) is 14.3. The lowest BCUT2D eigenvalue weighted by Gasteiger charge is -2.27. The molecule has 1 N–H and O–H groups in total. The van der Waals surface area contributed by atoms with E-state index in [4.69, 9.17) is 12.2 Å². The van der Waals surface area contributed by atoms with Gasteiger partial charge in [-0.2, -0.15) is 0 Å². The maximum atomic E-state index is 11.9. The molecule has 0 saturated carbocycles. The van der Waals surface area contributed by atoms with Crippen molar-refractivity contribution in [3.63, 3.8) is 0 Å². The van der Waals surface area contributed by atoms with Crippen molar-refractivity contribution in [3.8, 4) is 0 Å². The molecular weight excluding hydrogens is 278 g/mol. The molecule has 7 nitrogen and oxygen atoms in total. The molecule has 0 unspecified atom stereocenters. The summed E-state index contributed by atoms with van der Waals surface area (Å²) in [5, 5.41) is 2.60. The molecule has 20 heavy (non-hydrogen) atoms. The molecule has 0 radical (unpaired) electrons. The standard InChI is InChI=1S/C12H15N5O2S/c1-16-11(19)9(10(18)15-12(16)20)7-13-3-2-5-17-6-4-14-8-17/h4,6-9H,2-3,5H2,1H3,(H,15,18,20)/t9-/m1/s1. The van der Waals surface area contributed by atoms with Gasteiger partial charge in [0.25, 0.3) is 0 Å². The van der Waals surface area contributed by atoms with Crippen molar-refractivity contribution in [1.82, 2.24) is 19.8 Å². The van der Waals surface area contributed by atoms with E-state index in [9.17, 15) is 9.59 Å². The normalized spacial score (nSPS) is 19.8. The third-order valence-electron chi connectivity index (χ3n) is 2.93. The Morgan fingerprint density at radius 2 is 2.35 bits per heavy atom. The highest BCUT2D eigenvalue weighted by Gasteiger charge is 2.35. The molecule has 1 fully saturated rings. The minimum absolute atomic E-state index is 0.129. The van der Waals surface area contributed by atoms with E-state index in [1.165, 1.54) is 18.2 Å². The van der Waals surface area contributed by atoms with Crippen LogP contribution in [-0.4, -0.2) is 51.2 Å². The summed E-state index contributed by atoms with van der Waals surface area (Å²) in [6.45, 7) is 1.34. The van der Waals surface area contributed by atoms with Gasteiger partial charge in [0, 0.05) is 38.7 Å². The average Bonchev–Trinajstić information content (AvgIpc) is 2.92. The Kier molecular flexibility index (Phi) is 4.57. The first-order valence-corrected chi connectivity index (χ1v) is 6.58. The van der Waals surface area contributed by atoms with E-state index in [2.05, 4.69) is 15.3 Å². The van der Waals surface area contributed by atoms with E-state index >= 15 is 0 Å². The van der Waals surface area contributed by atoms with Crippen molar-refractivity contribution >= 4 is 35.4 Å². The Labute approximate surface area is 121 Å². The van der Waals surface area contributed by atoms with Crippen LogP contribution in [0.4, 0.5) is 0 Å². The van der Waals surface area contributed by atoms with E-state index in [-0.39, 0.29) is 11.0 Å². The van der Waals surface area contributed by atoms with Crippen molar-refractivity contribution in [1.29, 1.82) is 0 Å². The Morgan fingerprint density at radius 1 is 1.55 bits per heavy atom. The summed E-state index contributed by atoms with van der Waals surface area (Å²) in [6.07, 6.45) is 7.52. The van der Waals surface area contributed by atoms with Crippen LogP contribution in [0, 0.1) is 5.92 Å². The number of aromatic nitrogens is 2. The van der Waals surface area contributed by atoms with Crippen LogP contribution in [0.2, 0.25) is 0 Å². The zero-order valence-electron chi connectivity index (χ0n) is 11.0. The smallest absolute Gasteiger partial charge is 0.246 e. The molecule has 1 saturated heterocycles. The van der Waals surface area contributed by atoms with Gasteiger partial charge >= 0.3 is 0 Å². The van der Waals surface area contributed by atoms with Crippen LogP contribution < -0.4 is 5.32 Å². The minimum atomic E-state index is -0.889. The van der Waals surface area contributed by atoms with E-state index in [1.807, 2.05) is 10.8 Å². The minimum Gasteiger partial charge on any atom is -0.337 e. The van der Waals surface area contributed by atoms with Gasteiger partial charge in [0.15, 0.2) is 11.0 Å². The fourth-order valence-electron chi connectivity index (χ4n) is 1.76. The van der Waals surface area contributed by atoms with E-state index < -0.39 is 11.8 Å². The van der Waals surface area contributed by atoms with Gasteiger partial charge in [-0.1, -0.05) is 0 Å². The zero-order valence-corrected chi connectivity index (χ0v) is 11.8. The first-order chi connectivity index (χ1) is 9.59. The third-order valence-corrected chi connectivity index (χ3v) is 3.31. The fourth-order valence-corrected chi connectivity index (χ4v) is 1.95. The van der Waals surface area contributed by atoms with Crippen molar-refractivity contribution in [2.24, 2.45) is 10.9 Å². The molecule has 1 aliphatic rings. The molecule has 2 rings (SSSR count). The predicted molar refractivity (Wildman–Crippen MR) is 77.2 cm³/mol. The number of carbonyl (C=O) groups excluding carboxylic acids is 2. The SMILES string of the molecule is CN1C(=O)[C@H](C=NCCCn2ccnc2)C(=O)NC1=S. The van der Waals surface area contributed by atoms with E-state index in [1.54, 1.807) is 12.5 Å². The zero-order chi connectivity index (χ0) is 14.5. The van der Waals surface area contributed by atoms with Crippen molar-refractivity contribution in [3.05, 3.63) is 18.7 Å². The topological polar surface area (TPSA) is 79.6 Å². The average molecular weight is 293 g/mol.